The zero-order chi connectivity index (χ0) is 10.6. The van der Waals surface area contributed by atoms with E-state index < -0.39 is 6.09 Å². The lowest BCUT2D eigenvalue weighted by Crippen LogP contribution is -2.13. The number of nitrogens with one attached hydrogen (secondary N) is 1. The van der Waals surface area contributed by atoms with Crippen LogP contribution in [0.4, 0.5) is 16.2 Å². The molecule has 76 valence electrons. The molecule has 0 aliphatic rings. The molecule has 5 heteroatoms. The van der Waals surface area contributed by atoms with E-state index in [1.807, 2.05) is 0 Å². The normalized spacial score (nSPS) is 9.57. The van der Waals surface area contributed by atoms with Crippen molar-refractivity contribution in [3.8, 4) is 0 Å². The number of halogens is 1. The molecule has 0 aliphatic heterocycles. The molecule has 0 radical (unpaired) electrons. The van der Waals surface area contributed by atoms with E-state index in [2.05, 4.69) is 5.32 Å². The maximum atomic E-state index is 11.0. The first-order chi connectivity index (χ1) is 6.63. The van der Waals surface area contributed by atoms with Gasteiger partial charge in [0.1, 0.15) is 0 Å². The molecule has 0 atom stereocenters. The Morgan fingerprint density at radius 3 is 2.93 bits per heavy atom. The molecule has 0 aliphatic carbocycles. The van der Waals surface area contributed by atoms with Crippen LogP contribution in [-0.4, -0.2) is 12.7 Å². The van der Waals surface area contributed by atoms with Gasteiger partial charge in [-0.05, 0) is 25.1 Å². The van der Waals surface area contributed by atoms with Gasteiger partial charge in [-0.1, -0.05) is 11.6 Å². The lowest BCUT2D eigenvalue weighted by molar-refractivity contribution is 0.168. The Hall–Kier alpha value is -1.42. The second-order valence-electron chi connectivity index (χ2n) is 2.58. The van der Waals surface area contributed by atoms with Gasteiger partial charge in [0.05, 0.1) is 17.3 Å². The zero-order valence-corrected chi connectivity index (χ0v) is 8.47. The molecule has 4 nitrogen and oxygen atoms in total. The Morgan fingerprint density at radius 1 is 1.64 bits per heavy atom. The van der Waals surface area contributed by atoms with Crippen LogP contribution >= 0.6 is 11.6 Å². The molecular weight excluding hydrogens is 204 g/mol. The average Bonchev–Trinajstić information content (AvgIpc) is 2.10. The number of hydrogen-bond donors (Lipinski definition) is 2. The van der Waals surface area contributed by atoms with Gasteiger partial charge in [-0.3, -0.25) is 5.32 Å². The monoisotopic (exact) mass is 214 g/mol. The van der Waals surface area contributed by atoms with Crippen molar-refractivity contribution >= 4 is 29.1 Å². The second-order valence-corrected chi connectivity index (χ2v) is 2.99. The minimum Gasteiger partial charge on any atom is -0.450 e. The topological polar surface area (TPSA) is 64.3 Å². The lowest BCUT2D eigenvalue weighted by atomic mass is 10.3. The van der Waals surface area contributed by atoms with Crippen molar-refractivity contribution in [3.63, 3.8) is 0 Å². The number of anilines is 2. The zero-order valence-electron chi connectivity index (χ0n) is 7.71. The Balaban J connectivity index is 2.72. The Bertz CT molecular complexity index is 342. The average molecular weight is 215 g/mol. The number of ether oxygens (including phenoxy) is 1. The Kier molecular flexibility index (Phi) is 3.59. The summed E-state index contributed by atoms with van der Waals surface area (Å²) in [6.07, 6.45) is -0.529. The van der Waals surface area contributed by atoms with Gasteiger partial charge in [0.15, 0.2) is 0 Å². The standard InChI is InChI=1S/C9H11ClN2O2/c1-2-14-9(13)12-8-4-3-6(11)5-7(8)10/h3-5H,2,11H2,1H3,(H,12,13). The third-order valence-electron chi connectivity index (χ3n) is 1.51. The Morgan fingerprint density at radius 2 is 2.36 bits per heavy atom. The van der Waals surface area contributed by atoms with E-state index in [1.54, 1.807) is 25.1 Å². The SMILES string of the molecule is CCOC(=O)Nc1ccc(N)cc1Cl. The number of amides is 1. The van der Waals surface area contributed by atoms with Gasteiger partial charge in [0.2, 0.25) is 0 Å². The summed E-state index contributed by atoms with van der Waals surface area (Å²) in [5, 5.41) is 2.88. The number of hydrogen-bond acceptors (Lipinski definition) is 3. The summed E-state index contributed by atoms with van der Waals surface area (Å²) in [4.78, 5) is 11.0. The number of rotatable bonds is 2. The first-order valence-corrected chi connectivity index (χ1v) is 4.50. The van der Waals surface area contributed by atoms with Crippen LogP contribution in [-0.2, 0) is 4.74 Å². The maximum absolute atomic E-state index is 11.0. The smallest absolute Gasteiger partial charge is 0.411 e. The highest BCUT2D eigenvalue weighted by Crippen LogP contribution is 2.23. The van der Waals surface area contributed by atoms with Crippen molar-refractivity contribution < 1.29 is 9.53 Å². The third-order valence-corrected chi connectivity index (χ3v) is 1.82. The minimum absolute atomic E-state index is 0.318. The van der Waals surface area contributed by atoms with E-state index in [0.717, 1.165) is 0 Å². The fourth-order valence-corrected chi connectivity index (χ4v) is 1.15. The van der Waals surface area contributed by atoms with Crippen LogP contribution in [0, 0.1) is 0 Å². The van der Waals surface area contributed by atoms with E-state index >= 15 is 0 Å². The number of nitrogen functional groups attached to an aromatic ring is 1. The summed E-state index contributed by atoms with van der Waals surface area (Å²) in [7, 11) is 0. The van der Waals surface area contributed by atoms with E-state index in [-0.39, 0.29) is 0 Å². The summed E-state index contributed by atoms with van der Waals surface area (Å²) < 4.78 is 4.69. The molecule has 0 aromatic heterocycles. The number of carbonyl (C=O) groups is 1. The third kappa shape index (κ3) is 2.81. The van der Waals surface area contributed by atoms with Gasteiger partial charge in [-0.15, -0.1) is 0 Å². The van der Waals surface area contributed by atoms with Crippen molar-refractivity contribution in [1.82, 2.24) is 0 Å². The van der Waals surface area contributed by atoms with Crippen LogP contribution < -0.4 is 11.1 Å². The van der Waals surface area contributed by atoms with Gasteiger partial charge < -0.3 is 10.5 Å². The van der Waals surface area contributed by atoms with E-state index in [0.29, 0.717) is 23.0 Å². The molecule has 1 amide bonds. The molecule has 0 fully saturated rings. The van der Waals surface area contributed by atoms with E-state index in [4.69, 9.17) is 22.1 Å². The van der Waals surface area contributed by atoms with Gasteiger partial charge in [-0.25, -0.2) is 4.79 Å². The quantitative estimate of drug-likeness (QED) is 0.744. The van der Waals surface area contributed by atoms with E-state index in [9.17, 15) is 4.79 Å². The molecule has 0 saturated heterocycles. The van der Waals surface area contributed by atoms with Crippen molar-refractivity contribution in [3.05, 3.63) is 23.2 Å². The van der Waals surface area contributed by atoms with Crippen molar-refractivity contribution in [2.75, 3.05) is 17.7 Å². The summed E-state index contributed by atoms with van der Waals surface area (Å²) in [5.74, 6) is 0. The van der Waals surface area contributed by atoms with Crippen LogP contribution in [0.15, 0.2) is 18.2 Å². The van der Waals surface area contributed by atoms with E-state index in [1.165, 1.54) is 0 Å². The number of benzene rings is 1. The van der Waals surface area contributed by atoms with Crippen LogP contribution in [0.3, 0.4) is 0 Å². The molecule has 0 bridgehead atoms. The molecule has 0 heterocycles. The highest BCUT2D eigenvalue weighted by molar-refractivity contribution is 6.33. The molecule has 3 N–H and O–H groups in total. The first kappa shape index (κ1) is 10.7. The first-order valence-electron chi connectivity index (χ1n) is 4.12. The highest BCUT2D eigenvalue weighted by Gasteiger charge is 2.05. The van der Waals surface area contributed by atoms with Crippen molar-refractivity contribution in [2.45, 2.75) is 6.92 Å². The van der Waals surface area contributed by atoms with Crippen LogP contribution in [0.5, 0.6) is 0 Å². The van der Waals surface area contributed by atoms with Crippen LogP contribution in [0.2, 0.25) is 5.02 Å². The minimum atomic E-state index is -0.529. The van der Waals surface area contributed by atoms with Gasteiger partial charge in [-0.2, -0.15) is 0 Å². The highest BCUT2D eigenvalue weighted by atomic mass is 35.5. The Labute approximate surface area is 87.0 Å². The summed E-state index contributed by atoms with van der Waals surface area (Å²) in [5.41, 5.74) is 6.52. The fraction of sp³-hybridized carbons (Fsp3) is 0.222. The second kappa shape index (κ2) is 4.72. The molecule has 0 spiro atoms. The maximum Gasteiger partial charge on any atom is 0.411 e. The largest absolute Gasteiger partial charge is 0.450 e. The summed E-state index contributed by atoms with van der Waals surface area (Å²) >= 11 is 5.82. The van der Waals surface area contributed by atoms with Crippen molar-refractivity contribution in [1.29, 1.82) is 0 Å². The van der Waals surface area contributed by atoms with Gasteiger partial charge in [0.25, 0.3) is 0 Å². The molecule has 1 aromatic carbocycles. The summed E-state index contributed by atoms with van der Waals surface area (Å²) in [6, 6.07) is 4.82. The van der Waals surface area contributed by atoms with Gasteiger partial charge >= 0.3 is 6.09 Å². The molecular formula is C9H11ClN2O2. The molecule has 0 saturated carbocycles. The summed E-state index contributed by atoms with van der Waals surface area (Å²) in [6.45, 7) is 2.04. The van der Waals surface area contributed by atoms with Crippen LogP contribution in [0.25, 0.3) is 0 Å². The number of carbonyl (C=O) groups excluding carboxylic acids is 1. The molecule has 1 aromatic rings. The van der Waals surface area contributed by atoms with Crippen LogP contribution in [0.1, 0.15) is 6.92 Å². The number of nitrogens with two attached hydrogens (primary N) is 1. The molecule has 14 heavy (non-hydrogen) atoms. The predicted octanol–water partition coefficient (Wildman–Crippen LogP) is 2.49. The predicted molar refractivity (Wildman–Crippen MR) is 56.5 cm³/mol. The molecule has 0 unspecified atom stereocenters. The fourth-order valence-electron chi connectivity index (χ4n) is 0.910. The molecule has 1 rings (SSSR count). The lowest BCUT2D eigenvalue weighted by Gasteiger charge is -2.07. The van der Waals surface area contributed by atoms with Crippen molar-refractivity contribution in [2.24, 2.45) is 0 Å². The van der Waals surface area contributed by atoms with Gasteiger partial charge in [0, 0.05) is 5.69 Å².